The molecule has 4 rings (SSSR count). The van der Waals surface area contributed by atoms with Crippen LogP contribution in [0.2, 0.25) is 0 Å². The fraction of sp³-hybridized carbons (Fsp3) is 0.423. The van der Waals surface area contributed by atoms with E-state index in [9.17, 15) is 9.59 Å². The van der Waals surface area contributed by atoms with Crippen LogP contribution in [0.25, 0.3) is 10.9 Å². The summed E-state index contributed by atoms with van der Waals surface area (Å²) in [5, 5.41) is 3.67. The molecule has 1 aromatic heterocycles. The normalized spacial score (nSPS) is 17.6. The molecule has 0 radical (unpaired) electrons. The molecule has 34 heavy (non-hydrogen) atoms. The number of piperazine rings is 1. The van der Waals surface area contributed by atoms with Crippen LogP contribution < -0.4 is 10.9 Å². The van der Waals surface area contributed by atoms with E-state index >= 15 is 0 Å². The van der Waals surface area contributed by atoms with Crippen molar-refractivity contribution in [3.05, 3.63) is 69.2 Å². The largest absolute Gasteiger partial charge is 0.322 e. The minimum absolute atomic E-state index is 0.0154. The monoisotopic (exact) mass is 525 g/mol. The highest BCUT2D eigenvalue weighted by Crippen LogP contribution is 2.27. The molecular weight excluding hydrogens is 494 g/mol. The minimum atomic E-state index is -0.0926. The molecule has 1 fully saturated rings. The van der Waals surface area contributed by atoms with Gasteiger partial charge in [0.1, 0.15) is 5.82 Å². The van der Waals surface area contributed by atoms with Gasteiger partial charge in [0.15, 0.2) is 0 Å². The van der Waals surface area contributed by atoms with Gasteiger partial charge in [0.25, 0.3) is 5.56 Å². The van der Waals surface area contributed by atoms with E-state index in [4.69, 9.17) is 4.98 Å². The highest BCUT2D eigenvalue weighted by Gasteiger charge is 2.33. The number of nitrogens with one attached hydrogen (secondary N) is 1. The van der Waals surface area contributed by atoms with Crippen molar-refractivity contribution in [2.24, 2.45) is 0 Å². The minimum Gasteiger partial charge on any atom is -0.319 e. The third kappa shape index (κ3) is 5.03. The number of carbonyl (C=O) groups excluding carboxylic acids is 1. The van der Waals surface area contributed by atoms with E-state index in [1.165, 1.54) is 0 Å². The Morgan fingerprint density at radius 2 is 1.97 bits per heavy atom. The van der Waals surface area contributed by atoms with Crippen LogP contribution in [0.15, 0.2) is 57.8 Å². The molecule has 2 heterocycles. The summed E-state index contributed by atoms with van der Waals surface area (Å²) in [6.45, 7) is 9.00. The van der Waals surface area contributed by atoms with E-state index in [0.29, 0.717) is 18.5 Å². The van der Waals surface area contributed by atoms with E-state index in [1.807, 2.05) is 58.0 Å². The molecule has 1 saturated heterocycles. The van der Waals surface area contributed by atoms with Crippen molar-refractivity contribution in [3.8, 4) is 0 Å². The number of aromatic nitrogens is 2. The average Bonchev–Trinajstić information content (AvgIpc) is 2.82. The molecule has 2 atom stereocenters. The molecule has 1 aliphatic rings. The Hall–Kier alpha value is -2.71. The van der Waals surface area contributed by atoms with Crippen LogP contribution in [0.3, 0.4) is 0 Å². The maximum Gasteiger partial charge on any atom is 0.322 e. The van der Waals surface area contributed by atoms with E-state index in [2.05, 4.69) is 46.9 Å². The molecule has 1 aliphatic heterocycles. The molecule has 180 valence electrons. The highest BCUT2D eigenvalue weighted by atomic mass is 79.9. The highest BCUT2D eigenvalue weighted by molar-refractivity contribution is 9.10. The van der Waals surface area contributed by atoms with Gasteiger partial charge in [-0.1, -0.05) is 48.0 Å². The molecule has 0 spiro atoms. The molecule has 0 aliphatic carbocycles. The van der Waals surface area contributed by atoms with Crippen molar-refractivity contribution in [1.29, 1.82) is 0 Å². The van der Waals surface area contributed by atoms with Crippen LogP contribution in [-0.2, 0) is 6.54 Å². The van der Waals surface area contributed by atoms with Crippen LogP contribution in [0.5, 0.6) is 0 Å². The van der Waals surface area contributed by atoms with Gasteiger partial charge in [-0.05, 0) is 50.1 Å². The predicted octanol–water partition coefficient (Wildman–Crippen LogP) is 5.26. The standard InChI is InChI=1S/C26H32BrN5O2/c1-4-13-32-24(29-22-12-7-6-11-21(22)25(32)33)23(5-2)30-14-15-31(18(3)17-30)26(34)28-20-10-8-9-19(27)16-20/h6-12,16,18,23H,4-5,13-15,17H2,1-3H3,(H,28,34). The van der Waals surface area contributed by atoms with Crippen LogP contribution in [0.1, 0.15) is 45.5 Å². The summed E-state index contributed by atoms with van der Waals surface area (Å²) in [6, 6.07) is 15.1. The van der Waals surface area contributed by atoms with Gasteiger partial charge in [-0.2, -0.15) is 0 Å². The number of fused-ring (bicyclic) bond motifs is 1. The van der Waals surface area contributed by atoms with Crippen molar-refractivity contribution < 1.29 is 4.79 Å². The topological polar surface area (TPSA) is 70.5 Å². The Kier molecular flexibility index (Phi) is 7.68. The van der Waals surface area contributed by atoms with Crippen molar-refractivity contribution in [3.63, 3.8) is 0 Å². The number of hydrogen-bond acceptors (Lipinski definition) is 4. The zero-order valence-corrected chi connectivity index (χ0v) is 21.6. The zero-order valence-electron chi connectivity index (χ0n) is 20.0. The number of anilines is 1. The molecule has 8 heteroatoms. The number of carbonyl (C=O) groups is 1. The summed E-state index contributed by atoms with van der Waals surface area (Å²) >= 11 is 3.45. The van der Waals surface area contributed by atoms with Gasteiger partial charge in [0.2, 0.25) is 0 Å². The number of urea groups is 1. The van der Waals surface area contributed by atoms with Crippen LogP contribution in [0, 0.1) is 0 Å². The average molecular weight is 526 g/mol. The first-order valence-corrected chi connectivity index (χ1v) is 12.8. The molecule has 0 bridgehead atoms. The molecule has 1 N–H and O–H groups in total. The predicted molar refractivity (Wildman–Crippen MR) is 140 cm³/mol. The lowest BCUT2D eigenvalue weighted by molar-refractivity contribution is 0.0717. The third-order valence-electron chi connectivity index (χ3n) is 6.46. The van der Waals surface area contributed by atoms with Crippen LogP contribution in [-0.4, -0.2) is 51.1 Å². The Labute approximate surface area is 208 Å². The van der Waals surface area contributed by atoms with Crippen molar-refractivity contribution >= 4 is 38.6 Å². The lowest BCUT2D eigenvalue weighted by Crippen LogP contribution is -2.56. The fourth-order valence-electron chi connectivity index (χ4n) is 4.82. The second-order valence-electron chi connectivity index (χ2n) is 8.85. The van der Waals surface area contributed by atoms with E-state index in [-0.39, 0.29) is 23.7 Å². The second kappa shape index (κ2) is 10.7. The smallest absolute Gasteiger partial charge is 0.319 e. The number of hydrogen-bond donors (Lipinski definition) is 1. The lowest BCUT2D eigenvalue weighted by Gasteiger charge is -2.43. The van der Waals surface area contributed by atoms with Crippen LogP contribution >= 0.6 is 15.9 Å². The summed E-state index contributed by atoms with van der Waals surface area (Å²) in [7, 11) is 0. The van der Waals surface area contributed by atoms with Crippen LogP contribution in [0.4, 0.5) is 10.5 Å². The maximum atomic E-state index is 13.3. The molecule has 7 nitrogen and oxygen atoms in total. The first-order chi connectivity index (χ1) is 16.4. The first kappa shape index (κ1) is 24.4. The molecule has 2 aromatic carbocycles. The maximum absolute atomic E-state index is 13.3. The van der Waals surface area contributed by atoms with Gasteiger partial charge in [-0.25, -0.2) is 9.78 Å². The van der Waals surface area contributed by atoms with Crippen molar-refractivity contribution in [1.82, 2.24) is 19.4 Å². The summed E-state index contributed by atoms with van der Waals surface area (Å²) in [4.78, 5) is 35.5. The number of benzene rings is 2. The van der Waals surface area contributed by atoms with Gasteiger partial charge >= 0.3 is 6.03 Å². The lowest BCUT2D eigenvalue weighted by atomic mass is 10.1. The molecule has 2 amide bonds. The van der Waals surface area contributed by atoms with Gasteiger partial charge in [0.05, 0.1) is 16.9 Å². The van der Waals surface area contributed by atoms with Gasteiger partial charge < -0.3 is 10.2 Å². The quantitative estimate of drug-likeness (QED) is 0.476. The number of rotatable bonds is 6. The Morgan fingerprint density at radius 3 is 2.68 bits per heavy atom. The Morgan fingerprint density at radius 1 is 1.18 bits per heavy atom. The number of halogens is 1. The number of nitrogens with zero attached hydrogens (tertiary/aromatic N) is 4. The molecule has 0 saturated carbocycles. The fourth-order valence-corrected chi connectivity index (χ4v) is 5.21. The second-order valence-corrected chi connectivity index (χ2v) is 9.76. The molecular formula is C26H32BrN5O2. The Balaban J connectivity index is 1.56. The Bertz CT molecular complexity index is 1230. The summed E-state index contributed by atoms with van der Waals surface area (Å²) in [6.07, 6.45) is 1.70. The summed E-state index contributed by atoms with van der Waals surface area (Å²) in [5.41, 5.74) is 1.54. The van der Waals surface area contributed by atoms with Crippen molar-refractivity contribution in [2.45, 2.75) is 52.2 Å². The molecule has 2 unspecified atom stereocenters. The zero-order chi connectivity index (χ0) is 24.2. The summed E-state index contributed by atoms with van der Waals surface area (Å²) in [5.74, 6) is 0.826. The number of amides is 2. The number of para-hydroxylation sites is 1. The SMILES string of the molecule is CCCn1c(C(CC)N2CCN(C(=O)Nc3cccc(Br)c3)C(C)C2)nc2ccccc2c1=O. The summed E-state index contributed by atoms with van der Waals surface area (Å²) < 4.78 is 2.78. The van der Waals surface area contributed by atoms with Crippen molar-refractivity contribution in [2.75, 3.05) is 25.0 Å². The van der Waals surface area contributed by atoms with E-state index in [1.54, 1.807) is 0 Å². The first-order valence-electron chi connectivity index (χ1n) is 12.0. The van der Waals surface area contributed by atoms with Gasteiger partial charge in [0, 0.05) is 42.4 Å². The van der Waals surface area contributed by atoms with Gasteiger partial charge in [-0.3, -0.25) is 14.3 Å². The third-order valence-corrected chi connectivity index (χ3v) is 6.95. The van der Waals surface area contributed by atoms with Gasteiger partial charge in [-0.15, -0.1) is 0 Å². The molecule has 3 aromatic rings. The van der Waals surface area contributed by atoms with E-state index in [0.717, 1.165) is 47.4 Å². The van der Waals surface area contributed by atoms with E-state index < -0.39 is 0 Å².